The number of carbonyl (C=O) groups is 1. The van der Waals surface area contributed by atoms with Crippen molar-refractivity contribution in [3.63, 3.8) is 0 Å². The molecule has 1 N–H and O–H groups in total. The lowest BCUT2D eigenvalue weighted by Gasteiger charge is -2.55. The minimum absolute atomic E-state index is 0.115. The predicted octanol–water partition coefficient (Wildman–Crippen LogP) is 2.01. The first-order valence-corrected chi connectivity index (χ1v) is 9.22. The van der Waals surface area contributed by atoms with Crippen molar-refractivity contribution < 1.29 is 18.0 Å². The predicted molar refractivity (Wildman–Crippen MR) is 91.7 cm³/mol. The second-order valence-corrected chi connectivity index (χ2v) is 7.91. The van der Waals surface area contributed by atoms with Crippen molar-refractivity contribution in [2.75, 3.05) is 39.3 Å². The summed E-state index contributed by atoms with van der Waals surface area (Å²) >= 11 is 0. The molecule has 4 fully saturated rings. The number of fused-ring (bicyclic) bond motifs is 1. The number of hydrogen-bond acceptors (Lipinski definition) is 3. The normalized spacial score (nSPS) is 36.0. The van der Waals surface area contributed by atoms with Crippen LogP contribution >= 0.6 is 0 Å². The van der Waals surface area contributed by atoms with Crippen LogP contribution in [0.1, 0.15) is 18.4 Å². The molecule has 4 heterocycles. The van der Waals surface area contributed by atoms with Gasteiger partial charge in [-0.05, 0) is 5.56 Å². The zero-order valence-electron chi connectivity index (χ0n) is 14.6. The van der Waals surface area contributed by atoms with E-state index < -0.39 is 24.9 Å². The van der Waals surface area contributed by atoms with Crippen LogP contribution in [0.2, 0.25) is 0 Å². The van der Waals surface area contributed by atoms with E-state index in [9.17, 15) is 18.0 Å². The molecule has 0 spiro atoms. The topological polar surface area (TPSA) is 35.6 Å². The molecule has 3 unspecified atom stereocenters. The molecule has 1 aromatic rings. The molecule has 1 amide bonds. The molecular weight excluding hydrogens is 343 g/mol. The number of amides is 1. The number of nitrogens with zero attached hydrogens (tertiary/aromatic N) is 2. The standard InChI is InChI=1S/C19H24F3N3O/c20-19(21,22)7-6-16(26)23-17-14-10-24-8-9-25(11-14)13-18(17,12-24)15-4-2-1-3-5-15/h1-5,14,17H,6-13H2,(H,23,26). The van der Waals surface area contributed by atoms with E-state index in [4.69, 9.17) is 0 Å². The van der Waals surface area contributed by atoms with Crippen molar-refractivity contribution in [3.8, 4) is 0 Å². The van der Waals surface area contributed by atoms with Gasteiger partial charge in [-0.25, -0.2) is 0 Å². The highest BCUT2D eigenvalue weighted by Crippen LogP contribution is 2.43. The Morgan fingerprint density at radius 2 is 1.73 bits per heavy atom. The maximum Gasteiger partial charge on any atom is 0.389 e. The molecule has 4 aliphatic heterocycles. The maximum atomic E-state index is 12.5. The van der Waals surface area contributed by atoms with Gasteiger partial charge >= 0.3 is 6.18 Å². The van der Waals surface area contributed by atoms with Crippen LogP contribution in [-0.2, 0) is 10.2 Å². The molecule has 1 aromatic carbocycles. The summed E-state index contributed by atoms with van der Waals surface area (Å²) in [6.45, 7) is 5.51. The van der Waals surface area contributed by atoms with Crippen LogP contribution in [0.25, 0.3) is 0 Å². The molecule has 0 aromatic heterocycles. The number of halogens is 3. The molecule has 0 aliphatic carbocycles. The number of carbonyl (C=O) groups excluding carboxylic acids is 1. The number of benzene rings is 1. The van der Waals surface area contributed by atoms with Crippen LogP contribution in [-0.4, -0.2) is 67.2 Å². The smallest absolute Gasteiger partial charge is 0.352 e. The summed E-state index contributed by atoms with van der Waals surface area (Å²) in [5.41, 5.74) is 0.912. The number of nitrogens with one attached hydrogen (secondary N) is 1. The summed E-state index contributed by atoms with van der Waals surface area (Å²) in [5.74, 6) is -0.242. The van der Waals surface area contributed by atoms with E-state index in [1.54, 1.807) is 0 Å². The summed E-state index contributed by atoms with van der Waals surface area (Å²) < 4.78 is 37.4. The first kappa shape index (κ1) is 17.8. The van der Waals surface area contributed by atoms with Gasteiger partial charge in [-0.2, -0.15) is 13.2 Å². The zero-order chi connectivity index (χ0) is 18.4. The Kier molecular flexibility index (Phi) is 4.47. The highest BCUT2D eigenvalue weighted by atomic mass is 19.4. The molecule has 3 atom stereocenters. The molecule has 7 heteroatoms. The molecule has 4 nitrogen and oxygen atoms in total. The fourth-order valence-corrected chi connectivity index (χ4v) is 5.07. The third kappa shape index (κ3) is 3.34. The van der Waals surface area contributed by atoms with Gasteiger partial charge in [-0.15, -0.1) is 0 Å². The van der Waals surface area contributed by atoms with Gasteiger partial charge in [-0.3, -0.25) is 4.79 Å². The van der Waals surface area contributed by atoms with Gasteiger partial charge < -0.3 is 15.1 Å². The summed E-state index contributed by atoms with van der Waals surface area (Å²) in [5, 5.41) is 3.01. The van der Waals surface area contributed by atoms with Gasteiger partial charge in [0.1, 0.15) is 0 Å². The fourth-order valence-electron chi connectivity index (χ4n) is 5.07. The fraction of sp³-hybridized carbons (Fsp3) is 0.632. The Balaban J connectivity index is 1.61. The van der Waals surface area contributed by atoms with E-state index in [0.29, 0.717) is 0 Å². The van der Waals surface area contributed by atoms with Crippen LogP contribution in [0, 0.1) is 5.92 Å². The molecule has 142 valence electrons. The van der Waals surface area contributed by atoms with E-state index in [2.05, 4.69) is 27.2 Å². The van der Waals surface area contributed by atoms with Gasteiger partial charge in [0.15, 0.2) is 0 Å². The Labute approximate surface area is 151 Å². The van der Waals surface area contributed by atoms with Crippen LogP contribution in [0.3, 0.4) is 0 Å². The molecule has 4 aliphatic rings. The van der Waals surface area contributed by atoms with Crippen LogP contribution < -0.4 is 5.32 Å². The van der Waals surface area contributed by atoms with Crippen LogP contribution in [0.5, 0.6) is 0 Å². The maximum absolute atomic E-state index is 12.5. The second kappa shape index (κ2) is 6.53. The Morgan fingerprint density at radius 3 is 2.31 bits per heavy atom. The van der Waals surface area contributed by atoms with Gasteiger partial charge in [0, 0.05) is 63.1 Å². The number of alkyl halides is 3. The van der Waals surface area contributed by atoms with Crippen molar-refractivity contribution in [1.29, 1.82) is 0 Å². The molecular formula is C19H24F3N3O. The van der Waals surface area contributed by atoms with Gasteiger partial charge in [0.25, 0.3) is 0 Å². The van der Waals surface area contributed by atoms with E-state index in [1.807, 2.05) is 18.2 Å². The Hall–Kier alpha value is -1.60. The molecule has 4 bridgehead atoms. The number of piperidine rings is 2. The lowest BCUT2D eigenvalue weighted by atomic mass is 9.64. The SMILES string of the molecule is O=C(CCC(F)(F)F)NC1C2CN3CCN(C2)CC1(c1ccccc1)C3. The molecule has 0 radical (unpaired) electrons. The van der Waals surface area contributed by atoms with E-state index >= 15 is 0 Å². The largest absolute Gasteiger partial charge is 0.389 e. The van der Waals surface area contributed by atoms with Crippen molar-refractivity contribution in [2.45, 2.75) is 30.5 Å². The summed E-state index contributed by atoms with van der Waals surface area (Å²) in [7, 11) is 0. The minimum Gasteiger partial charge on any atom is -0.352 e. The Bertz CT molecular complexity index is 648. The average Bonchev–Trinajstić information content (AvgIpc) is 2.85. The van der Waals surface area contributed by atoms with Gasteiger partial charge in [0.2, 0.25) is 5.91 Å². The number of rotatable bonds is 4. The van der Waals surface area contributed by atoms with Crippen LogP contribution in [0.15, 0.2) is 30.3 Å². The third-order valence-electron chi connectivity index (χ3n) is 6.10. The van der Waals surface area contributed by atoms with Crippen LogP contribution in [0.4, 0.5) is 13.2 Å². The zero-order valence-corrected chi connectivity index (χ0v) is 14.6. The lowest BCUT2D eigenvalue weighted by molar-refractivity contribution is -0.145. The number of hydrogen-bond donors (Lipinski definition) is 1. The van der Waals surface area contributed by atoms with E-state index in [0.717, 1.165) is 39.3 Å². The summed E-state index contributed by atoms with van der Waals surface area (Å²) in [6.07, 6.45) is -5.86. The lowest BCUT2D eigenvalue weighted by Crippen LogP contribution is -2.70. The van der Waals surface area contributed by atoms with E-state index in [-0.39, 0.29) is 17.4 Å². The van der Waals surface area contributed by atoms with Crippen molar-refractivity contribution in [1.82, 2.24) is 15.1 Å². The highest BCUT2D eigenvalue weighted by molar-refractivity contribution is 5.76. The van der Waals surface area contributed by atoms with E-state index in [1.165, 1.54) is 5.56 Å². The van der Waals surface area contributed by atoms with Gasteiger partial charge in [0.05, 0.1) is 6.42 Å². The Morgan fingerprint density at radius 1 is 1.12 bits per heavy atom. The summed E-state index contributed by atoms with van der Waals surface area (Å²) in [6, 6.07) is 10.0. The monoisotopic (exact) mass is 367 g/mol. The third-order valence-corrected chi connectivity index (χ3v) is 6.10. The minimum atomic E-state index is -4.30. The molecule has 0 saturated carbocycles. The van der Waals surface area contributed by atoms with Crippen molar-refractivity contribution >= 4 is 5.91 Å². The second-order valence-electron chi connectivity index (χ2n) is 7.91. The van der Waals surface area contributed by atoms with Gasteiger partial charge in [-0.1, -0.05) is 30.3 Å². The first-order chi connectivity index (χ1) is 12.4. The highest BCUT2D eigenvalue weighted by Gasteiger charge is 2.55. The molecule has 26 heavy (non-hydrogen) atoms. The van der Waals surface area contributed by atoms with Crippen molar-refractivity contribution in [2.24, 2.45) is 5.92 Å². The first-order valence-electron chi connectivity index (χ1n) is 9.22. The molecule has 4 saturated heterocycles. The summed E-state index contributed by atoms with van der Waals surface area (Å²) in [4.78, 5) is 17.2. The van der Waals surface area contributed by atoms with Crippen molar-refractivity contribution in [3.05, 3.63) is 35.9 Å². The quantitative estimate of drug-likeness (QED) is 0.884. The molecule has 5 rings (SSSR count). The average molecular weight is 367 g/mol.